The fourth-order valence-corrected chi connectivity index (χ4v) is 4.88. The highest BCUT2D eigenvalue weighted by Gasteiger charge is 2.38. The number of ether oxygens (including phenoxy) is 1. The molecule has 0 unspecified atom stereocenters. The summed E-state index contributed by atoms with van der Waals surface area (Å²) in [7, 11) is -0.906. The molecule has 0 aliphatic carbocycles. The van der Waals surface area contributed by atoms with Crippen molar-refractivity contribution in [3.8, 4) is 0 Å². The number of alkyl halides is 3. The largest absolute Gasteiger partial charge is 0.449 e. The van der Waals surface area contributed by atoms with Gasteiger partial charge < -0.3 is 9.30 Å². The smallest absolute Gasteiger partial charge is 0.381 e. The number of nitrogens with zero attached hydrogens (tertiary/aromatic N) is 5. The fourth-order valence-electron chi connectivity index (χ4n) is 3.74. The molecule has 2 aromatic heterocycles. The van der Waals surface area contributed by atoms with Crippen LogP contribution in [-0.2, 0) is 34.7 Å². The Hall–Kier alpha value is -2.60. The minimum Gasteiger partial charge on any atom is -0.381 e. The second-order valence-corrected chi connectivity index (χ2v) is 9.52. The second-order valence-electron chi connectivity index (χ2n) is 7.66. The van der Waals surface area contributed by atoms with E-state index in [1.54, 1.807) is 17.8 Å². The molecular weight excluding hydrogens is 435 g/mol. The van der Waals surface area contributed by atoms with Crippen molar-refractivity contribution >= 4 is 26.9 Å². The Kier molecular flexibility index (Phi) is 5.46. The number of hydrogen-bond acceptors (Lipinski definition) is 4. The van der Waals surface area contributed by atoms with E-state index in [-0.39, 0.29) is 23.7 Å². The summed E-state index contributed by atoms with van der Waals surface area (Å²) in [6, 6.07) is 4.35. The van der Waals surface area contributed by atoms with Crippen molar-refractivity contribution in [1.29, 1.82) is 0 Å². The first-order valence-electron chi connectivity index (χ1n) is 9.75. The Morgan fingerprint density at radius 3 is 2.61 bits per heavy atom. The third-order valence-corrected chi connectivity index (χ3v) is 7.14. The predicted molar refractivity (Wildman–Crippen MR) is 107 cm³/mol. The maximum atomic E-state index is 13.7. The van der Waals surface area contributed by atoms with E-state index in [2.05, 4.69) is 4.98 Å². The zero-order valence-electron chi connectivity index (χ0n) is 17.1. The van der Waals surface area contributed by atoms with Crippen molar-refractivity contribution < 1.29 is 30.9 Å². The molecule has 3 aromatic rings. The molecule has 0 atom stereocenters. The zero-order chi connectivity index (χ0) is 22.4. The lowest BCUT2D eigenvalue weighted by Gasteiger charge is -2.24. The lowest BCUT2D eigenvalue weighted by atomic mass is 10.0. The Morgan fingerprint density at radius 1 is 1.29 bits per heavy atom. The first-order valence-corrected chi connectivity index (χ1v) is 11.1. The van der Waals surface area contributed by atoms with E-state index in [9.17, 15) is 21.6 Å². The van der Waals surface area contributed by atoms with Crippen molar-refractivity contribution in [2.45, 2.75) is 25.6 Å². The van der Waals surface area contributed by atoms with Gasteiger partial charge >= 0.3 is 16.4 Å². The van der Waals surface area contributed by atoms with Crippen LogP contribution in [0.15, 0.2) is 36.9 Å². The van der Waals surface area contributed by atoms with E-state index in [4.69, 9.17) is 4.74 Å². The number of imidazole rings is 2. The van der Waals surface area contributed by atoms with Crippen molar-refractivity contribution in [2.75, 3.05) is 24.6 Å². The zero-order valence-corrected chi connectivity index (χ0v) is 17.9. The lowest BCUT2D eigenvalue weighted by molar-refractivity contribution is -0.670. The standard InChI is InChI=1S/C19H23F3N5O3S/c1-24-7-8-26(13-24)31(28,29)25(2)15-3-4-17-16(11-15)23-18(19(20,21)22)27(17)12-14-5-9-30-10-6-14/h3-4,7-8,11,13-14H,5-6,9-10,12H2,1-2H3/q+1. The molecule has 4 rings (SSSR count). The van der Waals surface area contributed by atoms with Crippen LogP contribution in [-0.4, -0.2) is 42.2 Å². The first-order chi connectivity index (χ1) is 14.6. The summed E-state index contributed by atoms with van der Waals surface area (Å²) in [5, 5.41) is 0. The normalized spacial score (nSPS) is 16.2. The Bertz CT molecular complexity index is 1200. The molecule has 31 heavy (non-hydrogen) atoms. The van der Waals surface area contributed by atoms with Gasteiger partial charge in [-0.05, 0) is 37.0 Å². The van der Waals surface area contributed by atoms with Crippen LogP contribution in [0.1, 0.15) is 18.7 Å². The highest BCUT2D eigenvalue weighted by molar-refractivity contribution is 7.91. The molecule has 1 aromatic carbocycles. The Labute approximate surface area is 177 Å². The number of halogens is 3. The van der Waals surface area contributed by atoms with Gasteiger partial charge in [0.15, 0.2) is 0 Å². The quantitative estimate of drug-likeness (QED) is 0.551. The molecule has 0 amide bonds. The van der Waals surface area contributed by atoms with E-state index in [1.807, 2.05) is 0 Å². The minimum absolute atomic E-state index is 0.0597. The van der Waals surface area contributed by atoms with Crippen LogP contribution in [0.4, 0.5) is 18.9 Å². The molecule has 12 heteroatoms. The van der Waals surface area contributed by atoms with Crippen LogP contribution in [0.5, 0.6) is 0 Å². The summed E-state index contributed by atoms with van der Waals surface area (Å²) in [5.74, 6) is -0.918. The van der Waals surface area contributed by atoms with Gasteiger partial charge in [0.25, 0.3) is 6.33 Å². The van der Waals surface area contributed by atoms with Crippen LogP contribution in [0.2, 0.25) is 0 Å². The van der Waals surface area contributed by atoms with Gasteiger partial charge in [-0.15, -0.1) is 3.97 Å². The molecule has 168 valence electrons. The summed E-state index contributed by atoms with van der Waals surface area (Å²) < 4.78 is 76.9. The molecule has 0 radical (unpaired) electrons. The Balaban J connectivity index is 1.73. The van der Waals surface area contributed by atoms with E-state index in [1.165, 1.54) is 42.3 Å². The number of benzene rings is 1. The minimum atomic E-state index is -4.62. The summed E-state index contributed by atoms with van der Waals surface area (Å²) in [5.41, 5.74) is 0.631. The Morgan fingerprint density at radius 2 is 2.00 bits per heavy atom. The number of anilines is 1. The molecular formula is C19H23F3N5O3S+. The topological polar surface area (TPSA) is 73.2 Å². The lowest BCUT2D eigenvalue weighted by Crippen LogP contribution is -2.33. The summed E-state index contributed by atoms with van der Waals surface area (Å²) >= 11 is 0. The third kappa shape index (κ3) is 4.13. The van der Waals surface area contributed by atoms with Gasteiger partial charge in [-0.25, -0.2) is 13.9 Å². The van der Waals surface area contributed by atoms with E-state index in [0.717, 1.165) is 8.28 Å². The molecule has 0 saturated carbocycles. The molecule has 0 N–H and O–H groups in total. The van der Waals surface area contributed by atoms with E-state index >= 15 is 0 Å². The van der Waals surface area contributed by atoms with Crippen molar-refractivity contribution in [3.63, 3.8) is 0 Å². The van der Waals surface area contributed by atoms with Crippen LogP contribution in [0.25, 0.3) is 11.0 Å². The molecule has 0 spiro atoms. The van der Waals surface area contributed by atoms with Gasteiger partial charge in [0.05, 0.1) is 23.8 Å². The maximum Gasteiger partial charge on any atom is 0.449 e. The molecule has 0 bridgehead atoms. The van der Waals surface area contributed by atoms with Gasteiger partial charge in [-0.2, -0.15) is 21.6 Å². The fraction of sp³-hybridized carbons (Fsp3) is 0.474. The molecule has 1 aliphatic heterocycles. The highest BCUT2D eigenvalue weighted by atomic mass is 32.2. The molecule has 3 heterocycles. The van der Waals surface area contributed by atoms with Gasteiger partial charge in [0.1, 0.15) is 12.4 Å². The van der Waals surface area contributed by atoms with Crippen LogP contribution >= 0.6 is 0 Å². The number of fused-ring (bicyclic) bond motifs is 1. The van der Waals surface area contributed by atoms with E-state index in [0.29, 0.717) is 31.6 Å². The summed E-state index contributed by atoms with van der Waals surface area (Å²) in [4.78, 5) is 3.83. The monoisotopic (exact) mass is 458 g/mol. The highest BCUT2D eigenvalue weighted by Crippen LogP contribution is 2.34. The second kappa shape index (κ2) is 7.83. The van der Waals surface area contributed by atoms with Crippen LogP contribution in [0.3, 0.4) is 0 Å². The number of rotatable bonds is 5. The van der Waals surface area contributed by atoms with Crippen LogP contribution < -0.4 is 8.87 Å². The molecule has 1 fully saturated rings. The SMILES string of the molecule is CN(c1ccc2c(c1)nc(C(F)(F)F)n2CC1CCOCC1)S(=O)(=O)n1cc[n+](C)c1. The van der Waals surface area contributed by atoms with Crippen LogP contribution in [0, 0.1) is 5.92 Å². The van der Waals surface area contributed by atoms with Gasteiger partial charge in [-0.3, -0.25) is 0 Å². The number of hydrogen-bond donors (Lipinski definition) is 0. The summed E-state index contributed by atoms with van der Waals surface area (Å²) in [6.45, 7) is 1.24. The van der Waals surface area contributed by atoms with Crippen molar-refractivity contribution in [3.05, 3.63) is 42.7 Å². The van der Waals surface area contributed by atoms with Gasteiger partial charge in [-0.1, -0.05) is 0 Å². The molecule has 1 aliphatic rings. The maximum absolute atomic E-state index is 13.7. The molecule has 8 nitrogen and oxygen atoms in total. The predicted octanol–water partition coefficient (Wildman–Crippen LogP) is 2.34. The van der Waals surface area contributed by atoms with Gasteiger partial charge in [0, 0.05) is 26.8 Å². The van der Waals surface area contributed by atoms with E-state index < -0.39 is 22.2 Å². The first kappa shape index (κ1) is 21.6. The van der Waals surface area contributed by atoms with Crippen molar-refractivity contribution in [1.82, 2.24) is 13.5 Å². The summed E-state index contributed by atoms with van der Waals surface area (Å²) in [6.07, 6.45) is 1.09. The number of aromatic nitrogens is 4. The average Bonchev–Trinajstić information content (AvgIpc) is 3.32. The third-order valence-electron chi connectivity index (χ3n) is 5.49. The number of aryl methyl sites for hydroxylation is 1. The molecule has 1 saturated heterocycles. The van der Waals surface area contributed by atoms with Gasteiger partial charge in [0.2, 0.25) is 5.82 Å². The average molecular weight is 458 g/mol. The van der Waals surface area contributed by atoms with Crippen molar-refractivity contribution in [2.24, 2.45) is 13.0 Å².